The molecule has 3 fully saturated rings. The van der Waals surface area contributed by atoms with Crippen LogP contribution in [0.1, 0.15) is 52.5 Å². The van der Waals surface area contributed by atoms with Crippen LogP contribution in [-0.2, 0) is 6.54 Å². The number of benzene rings is 1. The first kappa shape index (κ1) is 20.3. The molecule has 3 aliphatic rings. The molecule has 2 bridgehead atoms. The summed E-state index contributed by atoms with van der Waals surface area (Å²) in [7, 11) is 0. The molecule has 1 aromatic heterocycles. The van der Waals surface area contributed by atoms with Crippen molar-refractivity contribution in [3.8, 4) is 0 Å². The molecular weight excluding hydrogens is 374 g/mol. The molecule has 2 aliphatic carbocycles. The van der Waals surface area contributed by atoms with Crippen LogP contribution in [0.25, 0.3) is 11.0 Å². The van der Waals surface area contributed by atoms with Crippen LogP contribution in [0.3, 0.4) is 0 Å². The van der Waals surface area contributed by atoms with Crippen LogP contribution in [0.2, 0.25) is 0 Å². The molecule has 2 aromatic rings. The Labute approximate surface area is 179 Å². The fourth-order valence-corrected chi connectivity index (χ4v) is 7.27. The highest BCUT2D eigenvalue weighted by molar-refractivity contribution is 5.76. The van der Waals surface area contributed by atoms with Gasteiger partial charge in [-0.1, -0.05) is 26.0 Å². The third kappa shape index (κ3) is 3.00. The number of aromatic nitrogens is 2. The van der Waals surface area contributed by atoms with E-state index in [2.05, 4.69) is 24.8 Å². The van der Waals surface area contributed by atoms with Crippen LogP contribution in [0.5, 0.6) is 0 Å². The van der Waals surface area contributed by atoms with Crippen molar-refractivity contribution in [1.29, 1.82) is 0 Å². The van der Waals surface area contributed by atoms with Gasteiger partial charge in [0.1, 0.15) is 0 Å². The van der Waals surface area contributed by atoms with E-state index in [1.165, 1.54) is 19.3 Å². The van der Waals surface area contributed by atoms with Crippen LogP contribution in [0.15, 0.2) is 29.1 Å². The molecule has 2 saturated carbocycles. The van der Waals surface area contributed by atoms with Crippen LogP contribution in [0, 0.1) is 29.1 Å². The number of nitrogens with zero attached hydrogens (tertiary/aromatic N) is 3. The molecule has 5 atom stereocenters. The number of likely N-dealkylation sites (tertiary alicyclic amines) is 1. The Morgan fingerprint density at radius 2 is 1.90 bits per heavy atom. The van der Waals surface area contributed by atoms with Gasteiger partial charge in [-0.25, -0.2) is 4.79 Å². The van der Waals surface area contributed by atoms with Crippen molar-refractivity contribution in [3.05, 3.63) is 34.7 Å². The van der Waals surface area contributed by atoms with Crippen molar-refractivity contribution in [2.75, 3.05) is 26.2 Å². The van der Waals surface area contributed by atoms with E-state index in [0.717, 1.165) is 54.8 Å². The van der Waals surface area contributed by atoms with Crippen LogP contribution in [0.4, 0.5) is 0 Å². The number of imidazole rings is 1. The number of fused-ring (bicyclic) bond motifs is 3. The third-order valence-corrected chi connectivity index (χ3v) is 9.03. The van der Waals surface area contributed by atoms with Crippen LogP contribution in [-0.4, -0.2) is 45.4 Å². The van der Waals surface area contributed by atoms with Gasteiger partial charge < -0.3 is 10.0 Å². The largest absolute Gasteiger partial charge is 0.396 e. The summed E-state index contributed by atoms with van der Waals surface area (Å²) >= 11 is 0. The topological polar surface area (TPSA) is 50.4 Å². The van der Waals surface area contributed by atoms with E-state index in [1.807, 2.05) is 34.3 Å². The molecule has 1 N–H and O–H groups in total. The average molecular weight is 412 g/mol. The van der Waals surface area contributed by atoms with Crippen molar-refractivity contribution in [3.63, 3.8) is 0 Å². The smallest absolute Gasteiger partial charge is 0.329 e. The molecule has 30 heavy (non-hydrogen) atoms. The predicted molar refractivity (Wildman–Crippen MR) is 121 cm³/mol. The van der Waals surface area contributed by atoms with E-state index in [1.54, 1.807) is 0 Å². The monoisotopic (exact) mass is 411 g/mol. The van der Waals surface area contributed by atoms with Gasteiger partial charge in [-0.2, -0.15) is 0 Å². The van der Waals surface area contributed by atoms with Crippen LogP contribution >= 0.6 is 0 Å². The number of hydrogen-bond acceptors (Lipinski definition) is 3. The molecule has 0 amide bonds. The summed E-state index contributed by atoms with van der Waals surface area (Å²) < 4.78 is 3.85. The highest BCUT2D eigenvalue weighted by Gasteiger charge is 2.53. The SMILES string of the molecule is CCn1c(=O)n([C@@H]2CCN(C[C@H]3[C@H]4CC[C@H](C4)C3(C)C)C[C@H]2CO)c2ccccc21. The minimum atomic E-state index is 0.0736. The maximum atomic E-state index is 13.2. The lowest BCUT2D eigenvalue weighted by Crippen LogP contribution is -2.48. The lowest BCUT2D eigenvalue weighted by molar-refractivity contribution is 0.0308. The number of aryl methyl sites for hydroxylation is 1. The minimum Gasteiger partial charge on any atom is -0.396 e. The predicted octanol–water partition coefficient (Wildman–Crippen LogP) is 3.75. The molecule has 1 aromatic carbocycles. The lowest BCUT2D eigenvalue weighted by atomic mass is 9.68. The summed E-state index contributed by atoms with van der Waals surface area (Å²) in [4.78, 5) is 15.8. The first-order valence-electron chi connectivity index (χ1n) is 12.0. The van der Waals surface area contributed by atoms with Crippen molar-refractivity contribution >= 4 is 11.0 Å². The van der Waals surface area contributed by atoms with Crippen molar-refractivity contribution in [2.24, 2.45) is 29.1 Å². The van der Waals surface area contributed by atoms with Crippen molar-refractivity contribution in [2.45, 2.75) is 59.0 Å². The second-order valence-corrected chi connectivity index (χ2v) is 10.6. The molecule has 1 aliphatic heterocycles. The normalized spacial score (nSPS) is 33.5. The van der Waals surface area contributed by atoms with Crippen molar-refractivity contribution in [1.82, 2.24) is 14.0 Å². The summed E-state index contributed by atoms with van der Waals surface area (Å²) in [5.41, 5.74) is 2.54. The molecule has 1 saturated heterocycles. The van der Waals surface area contributed by atoms with E-state index in [-0.39, 0.29) is 24.3 Å². The second kappa shape index (κ2) is 7.52. The molecule has 5 rings (SSSR count). The van der Waals surface area contributed by atoms with Gasteiger partial charge >= 0.3 is 5.69 Å². The van der Waals surface area contributed by atoms with E-state index in [0.29, 0.717) is 12.0 Å². The molecule has 0 unspecified atom stereocenters. The summed E-state index contributed by atoms with van der Waals surface area (Å²) in [5.74, 6) is 2.67. The summed E-state index contributed by atoms with van der Waals surface area (Å²) in [5, 5.41) is 10.3. The van der Waals surface area contributed by atoms with Crippen molar-refractivity contribution < 1.29 is 5.11 Å². The minimum absolute atomic E-state index is 0.0736. The number of hydrogen-bond donors (Lipinski definition) is 1. The highest BCUT2D eigenvalue weighted by Crippen LogP contribution is 2.59. The van der Waals surface area contributed by atoms with Gasteiger partial charge in [-0.15, -0.1) is 0 Å². The summed E-state index contributed by atoms with van der Waals surface area (Å²) in [6, 6.07) is 8.18. The number of para-hydroxylation sites is 2. The van der Waals surface area contributed by atoms with Gasteiger partial charge in [0, 0.05) is 44.7 Å². The number of piperidine rings is 1. The Bertz CT molecular complexity index is 974. The van der Waals surface area contributed by atoms with Crippen LogP contribution < -0.4 is 5.69 Å². The number of aliphatic hydroxyl groups is 1. The maximum absolute atomic E-state index is 13.2. The highest BCUT2D eigenvalue weighted by atomic mass is 16.3. The molecular formula is C25H37N3O2. The molecule has 5 nitrogen and oxygen atoms in total. The molecule has 5 heteroatoms. The molecule has 164 valence electrons. The first-order valence-corrected chi connectivity index (χ1v) is 12.0. The zero-order valence-corrected chi connectivity index (χ0v) is 18.8. The Hall–Kier alpha value is -1.59. The quantitative estimate of drug-likeness (QED) is 0.815. The number of aliphatic hydroxyl groups excluding tert-OH is 1. The Balaban J connectivity index is 1.39. The van der Waals surface area contributed by atoms with Gasteiger partial charge in [0.05, 0.1) is 11.0 Å². The van der Waals surface area contributed by atoms with E-state index in [4.69, 9.17) is 0 Å². The van der Waals surface area contributed by atoms with Gasteiger partial charge in [0.15, 0.2) is 0 Å². The zero-order chi connectivity index (χ0) is 21.0. The summed E-state index contributed by atoms with van der Waals surface area (Å²) in [6.45, 7) is 10.9. The van der Waals surface area contributed by atoms with E-state index >= 15 is 0 Å². The summed E-state index contributed by atoms with van der Waals surface area (Å²) in [6.07, 6.45) is 5.18. The van der Waals surface area contributed by atoms with Gasteiger partial charge in [-0.05, 0) is 67.9 Å². The van der Waals surface area contributed by atoms with E-state index in [9.17, 15) is 9.90 Å². The fourth-order valence-electron chi connectivity index (χ4n) is 7.27. The van der Waals surface area contributed by atoms with Gasteiger partial charge in [0.25, 0.3) is 0 Å². The molecule has 2 heterocycles. The van der Waals surface area contributed by atoms with E-state index < -0.39 is 0 Å². The Kier molecular flexibility index (Phi) is 5.10. The first-order chi connectivity index (χ1) is 14.5. The third-order valence-electron chi connectivity index (χ3n) is 9.03. The molecule has 0 spiro atoms. The zero-order valence-electron chi connectivity index (χ0n) is 18.8. The number of rotatable bonds is 5. The standard InChI is InChI=1S/C25H37N3O2/c1-4-27-22-7-5-6-8-23(22)28(24(27)30)21-11-12-26(14-18(21)16-29)15-20-17-9-10-19(13-17)25(20,2)3/h5-8,17-21,29H,4,9-16H2,1-3H3/t17-,18-,19+,20-,21+/m0/s1. The molecule has 0 radical (unpaired) electrons. The fraction of sp³-hybridized carbons (Fsp3) is 0.720. The lowest BCUT2D eigenvalue weighted by Gasteiger charge is -2.44. The second-order valence-electron chi connectivity index (χ2n) is 10.6. The Morgan fingerprint density at radius 1 is 1.13 bits per heavy atom. The van der Waals surface area contributed by atoms with Gasteiger partial charge in [0.2, 0.25) is 0 Å². The Morgan fingerprint density at radius 3 is 2.57 bits per heavy atom. The van der Waals surface area contributed by atoms with Gasteiger partial charge in [-0.3, -0.25) is 9.13 Å². The maximum Gasteiger partial charge on any atom is 0.329 e. The average Bonchev–Trinajstić information content (AvgIpc) is 3.40.